The average molecular weight is 398 g/mol. The van der Waals surface area contributed by atoms with Crippen LogP contribution in [0.1, 0.15) is 6.42 Å². The van der Waals surface area contributed by atoms with Crippen LogP contribution in [0.15, 0.2) is 0 Å². The molecule has 0 aromatic carbocycles. The standard InChI is InChI=1S/C15H26O12/c16-2-7-11(21)14(24)10(20)5(26-7)1-6-12(22)15(25-4-9(18)19)13(23)8(3-17)27-6/h5-8,10-17,20-24H,1-4H2,(H,18,19)/t5-,6-,7-,8+,10-,11-,12-,13-,14-,15+/m0/s1. The third kappa shape index (κ3) is 4.92. The van der Waals surface area contributed by atoms with Gasteiger partial charge in [0.25, 0.3) is 0 Å². The van der Waals surface area contributed by atoms with Crippen molar-refractivity contribution in [3.8, 4) is 0 Å². The van der Waals surface area contributed by atoms with E-state index in [1.54, 1.807) is 0 Å². The van der Waals surface area contributed by atoms with Crippen LogP contribution in [0.4, 0.5) is 0 Å². The molecule has 2 rings (SSSR count). The van der Waals surface area contributed by atoms with Crippen LogP contribution in [0.3, 0.4) is 0 Å². The van der Waals surface area contributed by atoms with Crippen molar-refractivity contribution in [2.75, 3.05) is 19.8 Å². The quantitative estimate of drug-likeness (QED) is 0.203. The van der Waals surface area contributed by atoms with Gasteiger partial charge in [-0.2, -0.15) is 0 Å². The lowest BCUT2D eigenvalue weighted by molar-refractivity contribution is -0.267. The number of carboxylic acids is 1. The Morgan fingerprint density at radius 2 is 1.19 bits per heavy atom. The van der Waals surface area contributed by atoms with Crippen molar-refractivity contribution in [3.05, 3.63) is 0 Å². The summed E-state index contributed by atoms with van der Waals surface area (Å²) in [6.07, 6.45) is -14.0. The van der Waals surface area contributed by atoms with E-state index in [4.69, 9.17) is 19.3 Å². The van der Waals surface area contributed by atoms with Crippen molar-refractivity contribution in [1.82, 2.24) is 0 Å². The van der Waals surface area contributed by atoms with Gasteiger partial charge in [-0.3, -0.25) is 0 Å². The van der Waals surface area contributed by atoms with E-state index in [0.717, 1.165) is 0 Å². The predicted octanol–water partition coefficient (Wildman–Crippen LogP) is -4.83. The first kappa shape index (κ1) is 22.4. The number of hydrogen-bond donors (Lipinski definition) is 8. The number of aliphatic carboxylic acids is 1. The van der Waals surface area contributed by atoms with Crippen LogP contribution in [-0.4, -0.2) is 128 Å². The van der Waals surface area contributed by atoms with E-state index in [2.05, 4.69) is 0 Å². The molecule has 10 atom stereocenters. The molecule has 0 unspecified atom stereocenters. The highest BCUT2D eigenvalue weighted by atomic mass is 16.6. The van der Waals surface area contributed by atoms with Gasteiger partial charge < -0.3 is 55.1 Å². The van der Waals surface area contributed by atoms with Gasteiger partial charge in [0.15, 0.2) is 0 Å². The first-order valence-electron chi connectivity index (χ1n) is 8.47. The molecule has 2 aliphatic heterocycles. The summed E-state index contributed by atoms with van der Waals surface area (Å²) in [5.41, 5.74) is 0. The van der Waals surface area contributed by atoms with E-state index in [0.29, 0.717) is 0 Å². The summed E-state index contributed by atoms with van der Waals surface area (Å²) in [4.78, 5) is 10.7. The third-order valence-electron chi connectivity index (χ3n) is 4.82. The molecular weight excluding hydrogens is 372 g/mol. The number of ether oxygens (including phenoxy) is 3. The van der Waals surface area contributed by atoms with Crippen molar-refractivity contribution in [1.29, 1.82) is 0 Å². The largest absolute Gasteiger partial charge is 0.480 e. The molecule has 0 amide bonds. The Bertz CT molecular complexity index is 487. The number of aliphatic hydroxyl groups excluding tert-OH is 7. The number of aliphatic hydroxyl groups is 7. The fraction of sp³-hybridized carbons (Fsp3) is 0.933. The second-order valence-electron chi connectivity index (χ2n) is 6.65. The zero-order valence-electron chi connectivity index (χ0n) is 14.3. The molecule has 0 aromatic rings. The molecule has 0 radical (unpaired) electrons. The maximum absolute atomic E-state index is 10.7. The molecule has 2 saturated heterocycles. The highest BCUT2D eigenvalue weighted by Crippen LogP contribution is 2.30. The van der Waals surface area contributed by atoms with Crippen LogP contribution in [-0.2, 0) is 19.0 Å². The highest BCUT2D eigenvalue weighted by Gasteiger charge is 2.49. The lowest BCUT2D eigenvalue weighted by atomic mass is 9.87. The third-order valence-corrected chi connectivity index (χ3v) is 4.82. The molecule has 0 bridgehead atoms. The van der Waals surface area contributed by atoms with E-state index < -0.39 is 86.8 Å². The summed E-state index contributed by atoms with van der Waals surface area (Å²) in [7, 11) is 0. The predicted molar refractivity (Wildman–Crippen MR) is 83.5 cm³/mol. The van der Waals surface area contributed by atoms with Crippen LogP contribution in [0.25, 0.3) is 0 Å². The Hall–Kier alpha value is -0.930. The number of carboxylic acid groups (broad SMARTS) is 1. The van der Waals surface area contributed by atoms with E-state index in [9.17, 15) is 40.5 Å². The molecule has 0 spiro atoms. The Morgan fingerprint density at radius 1 is 0.741 bits per heavy atom. The van der Waals surface area contributed by atoms with Gasteiger partial charge in [-0.05, 0) is 0 Å². The van der Waals surface area contributed by atoms with Gasteiger partial charge in [0.1, 0.15) is 55.4 Å². The molecule has 27 heavy (non-hydrogen) atoms. The first-order valence-corrected chi connectivity index (χ1v) is 8.47. The number of rotatable bonds is 7. The van der Waals surface area contributed by atoms with Crippen LogP contribution < -0.4 is 0 Å². The smallest absolute Gasteiger partial charge is 0.329 e. The normalized spacial score (nSPS) is 45.6. The zero-order valence-corrected chi connectivity index (χ0v) is 14.3. The molecule has 2 fully saturated rings. The Kier molecular flexibility index (Phi) is 7.88. The molecule has 158 valence electrons. The number of carbonyl (C=O) groups is 1. The van der Waals surface area contributed by atoms with Crippen LogP contribution in [0.5, 0.6) is 0 Å². The monoisotopic (exact) mass is 398 g/mol. The molecule has 12 nitrogen and oxygen atoms in total. The maximum atomic E-state index is 10.7. The SMILES string of the molecule is O=C(O)CO[C@@H]1[C@@H](O)[C@H](C[C@@H]2O[C@@H](CO)[C@H](O)[C@@H](O)[C@H]2O)O[C@H](CO)[C@@H]1O. The fourth-order valence-electron chi connectivity index (χ4n) is 3.32. The van der Waals surface area contributed by atoms with Crippen molar-refractivity contribution in [2.45, 2.75) is 67.5 Å². The van der Waals surface area contributed by atoms with Gasteiger partial charge in [0.05, 0.1) is 25.4 Å². The topological polar surface area (TPSA) is 207 Å². The summed E-state index contributed by atoms with van der Waals surface area (Å²) < 4.78 is 15.8. The van der Waals surface area contributed by atoms with Gasteiger partial charge >= 0.3 is 5.97 Å². The summed E-state index contributed by atoms with van der Waals surface area (Å²) in [5, 5.41) is 77.5. The molecular formula is C15H26O12. The van der Waals surface area contributed by atoms with E-state index in [-0.39, 0.29) is 6.42 Å². The Labute approximate surface area is 154 Å². The molecule has 12 heteroatoms. The second-order valence-corrected chi connectivity index (χ2v) is 6.65. The lowest BCUT2D eigenvalue weighted by Gasteiger charge is -2.45. The Morgan fingerprint density at radius 3 is 1.70 bits per heavy atom. The van der Waals surface area contributed by atoms with E-state index in [1.807, 2.05) is 0 Å². The Balaban J connectivity index is 2.12. The fourth-order valence-corrected chi connectivity index (χ4v) is 3.32. The number of hydrogen-bond acceptors (Lipinski definition) is 11. The van der Waals surface area contributed by atoms with Crippen LogP contribution in [0, 0.1) is 0 Å². The zero-order chi connectivity index (χ0) is 20.3. The lowest BCUT2D eigenvalue weighted by Crippen LogP contribution is -2.63. The molecule has 0 saturated carbocycles. The highest BCUT2D eigenvalue weighted by molar-refractivity contribution is 5.68. The van der Waals surface area contributed by atoms with Gasteiger partial charge in [-0.15, -0.1) is 0 Å². The van der Waals surface area contributed by atoms with Crippen molar-refractivity contribution in [3.63, 3.8) is 0 Å². The van der Waals surface area contributed by atoms with Gasteiger partial charge in [0.2, 0.25) is 0 Å². The van der Waals surface area contributed by atoms with Crippen molar-refractivity contribution < 1.29 is 59.9 Å². The second kappa shape index (κ2) is 9.52. The van der Waals surface area contributed by atoms with Crippen molar-refractivity contribution >= 4 is 5.97 Å². The van der Waals surface area contributed by atoms with Crippen LogP contribution in [0.2, 0.25) is 0 Å². The van der Waals surface area contributed by atoms with E-state index >= 15 is 0 Å². The molecule has 2 aliphatic rings. The van der Waals surface area contributed by atoms with Crippen LogP contribution >= 0.6 is 0 Å². The first-order chi connectivity index (χ1) is 12.7. The summed E-state index contributed by atoms with van der Waals surface area (Å²) in [6.45, 7) is -2.08. The average Bonchev–Trinajstić information content (AvgIpc) is 2.63. The minimum atomic E-state index is -1.61. The van der Waals surface area contributed by atoms with Crippen molar-refractivity contribution in [2.24, 2.45) is 0 Å². The summed E-state index contributed by atoms with van der Waals surface area (Å²) >= 11 is 0. The van der Waals surface area contributed by atoms with Gasteiger partial charge in [0, 0.05) is 6.42 Å². The van der Waals surface area contributed by atoms with E-state index in [1.165, 1.54) is 0 Å². The van der Waals surface area contributed by atoms with Gasteiger partial charge in [-0.25, -0.2) is 4.79 Å². The molecule has 2 heterocycles. The maximum Gasteiger partial charge on any atom is 0.329 e. The molecule has 8 N–H and O–H groups in total. The summed E-state index contributed by atoms with van der Waals surface area (Å²) in [5.74, 6) is -1.33. The van der Waals surface area contributed by atoms with Gasteiger partial charge in [-0.1, -0.05) is 0 Å². The minimum Gasteiger partial charge on any atom is -0.480 e. The summed E-state index contributed by atoms with van der Waals surface area (Å²) in [6, 6.07) is 0. The molecule has 0 aliphatic carbocycles. The minimum absolute atomic E-state index is 0.251. The molecule has 0 aromatic heterocycles.